The van der Waals surface area contributed by atoms with Crippen LogP contribution in [0, 0.1) is 6.92 Å². The number of phenolic OH excluding ortho intramolecular Hbond substituents is 1. The number of aromatic hydroxyl groups is 1. The first-order chi connectivity index (χ1) is 5.41. The zero-order valence-corrected chi connectivity index (χ0v) is 7.32. The molecule has 5 heteroatoms. The number of rotatable bonds is 1. The Morgan fingerprint density at radius 1 is 1.33 bits per heavy atom. The van der Waals surface area contributed by atoms with Crippen LogP contribution in [0.5, 0.6) is 5.75 Å². The van der Waals surface area contributed by atoms with Gasteiger partial charge in [0.05, 0.1) is 5.30 Å². The van der Waals surface area contributed by atoms with Crippen LogP contribution in [0.4, 0.5) is 0 Å². The van der Waals surface area contributed by atoms with Crippen LogP contribution in [0.3, 0.4) is 0 Å². The van der Waals surface area contributed by atoms with Crippen molar-refractivity contribution in [3.8, 4) is 5.75 Å². The van der Waals surface area contributed by atoms with Crippen molar-refractivity contribution >= 4 is 12.9 Å². The highest BCUT2D eigenvalue weighted by Gasteiger charge is 2.19. The molecule has 1 rings (SSSR count). The average molecular weight is 188 g/mol. The van der Waals surface area contributed by atoms with Gasteiger partial charge in [-0.15, -0.1) is 0 Å². The summed E-state index contributed by atoms with van der Waals surface area (Å²) in [4.78, 5) is 17.6. The quantitative estimate of drug-likeness (QED) is 0.561. The molecule has 0 aliphatic carbocycles. The fourth-order valence-corrected chi connectivity index (χ4v) is 1.75. The summed E-state index contributed by atoms with van der Waals surface area (Å²) >= 11 is 0. The van der Waals surface area contributed by atoms with E-state index in [1.165, 1.54) is 12.1 Å². The van der Waals surface area contributed by atoms with Gasteiger partial charge in [0, 0.05) is 0 Å². The van der Waals surface area contributed by atoms with Gasteiger partial charge in [0.1, 0.15) is 5.75 Å². The molecule has 1 aromatic carbocycles. The number of aryl methyl sites for hydroxylation is 1. The predicted octanol–water partition coefficient (Wildman–Crippen LogP) is 0.504. The minimum absolute atomic E-state index is 0.123. The molecule has 0 amide bonds. The molecular formula is C7H9O4P. The molecule has 0 heterocycles. The van der Waals surface area contributed by atoms with E-state index in [0.717, 1.165) is 6.07 Å². The first-order valence-corrected chi connectivity index (χ1v) is 4.88. The maximum atomic E-state index is 10.8. The van der Waals surface area contributed by atoms with E-state index in [-0.39, 0.29) is 11.1 Å². The molecule has 0 atom stereocenters. The third-order valence-corrected chi connectivity index (χ3v) is 2.62. The normalized spacial score (nSPS) is 11.6. The summed E-state index contributed by atoms with van der Waals surface area (Å²) in [5.74, 6) is -0.140. The Balaban J connectivity index is 3.33. The van der Waals surface area contributed by atoms with Gasteiger partial charge < -0.3 is 14.9 Å². The SMILES string of the molecule is Cc1ccc(O)cc1P(=O)(O)O. The Hall–Kier alpha value is -0.830. The molecule has 66 valence electrons. The lowest BCUT2D eigenvalue weighted by Crippen LogP contribution is -2.07. The van der Waals surface area contributed by atoms with Crippen molar-refractivity contribution in [2.75, 3.05) is 0 Å². The molecular weight excluding hydrogens is 179 g/mol. The van der Waals surface area contributed by atoms with E-state index in [9.17, 15) is 4.57 Å². The third-order valence-electron chi connectivity index (χ3n) is 1.51. The van der Waals surface area contributed by atoms with Gasteiger partial charge >= 0.3 is 7.60 Å². The molecule has 0 saturated heterocycles. The fourth-order valence-electron chi connectivity index (χ4n) is 0.912. The number of hydrogen-bond donors (Lipinski definition) is 3. The summed E-state index contributed by atoms with van der Waals surface area (Å²) in [7, 11) is -4.24. The van der Waals surface area contributed by atoms with E-state index < -0.39 is 7.60 Å². The van der Waals surface area contributed by atoms with Gasteiger partial charge in [-0.05, 0) is 24.6 Å². The van der Waals surface area contributed by atoms with Crippen molar-refractivity contribution in [3.05, 3.63) is 23.8 Å². The Morgan fingerprint density at radius 2 is 1.92 bits per heavy atom. The van der Waals surface area contributed by atoms with Crippen molar-refractivity contribution in [1.82, 2.24) is 0 Å². The van der Waals surface area contributed by atoms with E-state index in [1.54, 1.807) is 6.92 Å². The standard InChI is InChI=1S/C7H9O4P/c1-5-2-3-6(8)4-7(5)12(9,10)11/h2-4,8H,1H3,(H2,9,10,11). The highest BCUT2D eigenvalue weighted by Crippen LogP contribution is 2.35. The Kier molecular flexibility index (Phi) is 2.24. The molecule has 0 aromatic heterocycles. The summed E-state index contributed by atoms with van der Waals surface area (Å²) in [6, 6.07) is 3.92. The molecule has 0 radical (unpaired) electrons. The van der Waals surface area contributed by atoms with Gasteiger partial charge in [0.2, 0.25) is 0 Å². The summed E-state index contributed by atoms with van der Waals surface area (Å²) in [6.07, 6.45) is 0. The Morgan fingerprint density at radius 3 is 2.33 bits per heavy atom. The number of hydrogen-bond acceptors (Lipinski definition) is 2. The van der Waals surface area contributed by atoms with Crippen LogP contribution in [0.1, 0.15) is 5.56 Å². The van der Waals surface area contributed by atoms with Crippen LogP contribution < -0.4 is 5.30 Å². The van der Waals surface area contributed by atoms with Crippen molar-refractivity contribution in [2.45, 2.75) is 6.92 Å². The molecule has 0 spiro atoms. The molecule has 4 nitrogen and oxygen atoms in total. The smallest absolute Gasteiger partial charge is 0.356 e. The van der Waals surface area contributed by atoms with Gasteiger partial charge in [-0.2, -0.15) is 0 Å². The maximum absolute atomic E-state index is 10.8. The van der Waals surface area contributed by atoms with Crippen molar-refractivity contribution < 1.29 is 19.5 Å². The third kappa shape index (κ3) is 1.85. The number of phenols is 1. The van der Waals surface area contributed by atoms with E-state index in [1.807, 2.05) is 0 Å². The van der Waals surface area contributed by atoms with E-state index in [4.69, 9.17) is 14.9 Å². The largest absolute Gasteiger partial charge is 0.508 e. The van der Waals surface area contributed by atoms with Crippen molar-refractivity contribution in [1.29, 1.82) is 0 Å². The highest BCUT2D eigenvalue weighted by atomic mass is 31.2. The monoisotopic (exact) mass is 188 g/mol. The lowest BCUT2D eigenvalue weighted by Gasteiger charge is -2.07. The molecule has 0 aliphatic rings. The van der Waals surface area contributed by atoms with E-state index >= 15 is 0 Å². The van der Waals surface area contributed by atoms with Crippen molar-refractivity contribution in [3.63, 3.8) is 0 Å². The second-order valence-corrected chi connectivity index (χ2v) is 4.08. The topological polar surface area (TPSA) is 77.8 Å². The van der Waals surface area contributed by atoms with Crippen LogP contribution in [0.25, 0.3) is 0 Å². The molecule has 1 aromatic rings. The van der Waals surface area contributed by atoms with Gasteiger partial charge in [0.15, 0.2) is 0 Å². The lowest BCUT2D eigenvalue weighted by molar-refractivity contribution is 0.386. The fraction of sp³-hybridized carbons (Fsp3) is 0.143. The second-order valence-electron chi connectivity index (χ2n) is 2.51. The van der Waals surface area contributed by atoms with Crippen molar-refractivity contribution in [2.24, 2.45) is 0 Å². The lowest BCUT2D eigenvalue weighted by atomic mass is 10.2. The zero-order valence-electron chi connectivity index (χ0n) is 6.43. The van der Waals surface area contributed by atoms with E-state index in [2.05, 4.69) is 0 Å². The Bertz CT molecular complexity index is 341. The molecule has 0 bridgehead atoms. The summed E-state index contributed by atoms with van der Waals surface area (Å²) in [6.45, 7) is 1.58. The van der Waals surface area contributed by atoms with Crippen LogP contribution in [0.15, 0.2) is 18.2 Å². The molecule has 12 heavy (non-hydrogen) atoms. The van der Waals surface area contributed by atoms with Gasteiger partial charge in [0.25, 0.3) is 0 Å². The first-order valence-electron chi connectivity index (χ1n) is 3.27. The summed E-state index contributed by atoms with van der Waals surface area (Å²) in [5.41, 5.74) is 0.473. The van der Waals surface area contributed by atoms with Crippen LogP contribution in [0.2, 0.25) is 0 Å². The van der Waals surface area contributed by atoms with Crippen LogP contribution in [-0.2, 0) is 4.57 Å². The first kappa shape index (κ1) is 9.26. The summed E-state index contributed by atoms with van der Waals surface area (Å²) < 4.78 is 10.8. The van der Waals surface area contributed by atoms with Gasteiger partial charge in [-0.25, -0.2) is 0 Å². The summed E-state index contributed by atoms with van der Waals surface area (Å²) in [5, 5.41) is 8.83. The van der Waals surface area contributed by atoms with Crippen LogP contribution >= 0.6 is 7.60 Å². The maximum Gasteiger partial charge on any atom is 0.356 e. The molecule has 0 aliphatic heterocycles. The minimum atomic E-state index is -4.24. The van der Waals surface area contributed by atoms with Gasteiger partial charge in [-0.3, -0.25) is 4.57 Å². The molecule has 0 fully saturated rings. The highest BCUT2D eigenvalue weighted by molar-refractivity contribution is 7.60. The average Bonchev–Trinajstić information content (AvgIpc) is 1.92. The molecule has 0 unspecified atom stereocenters. The predicted molar refractivity (Wildman–Crippen MR) is 44.5 cm³/mol. The minimum Gasteiger partial charge on any atom is -0.508 e. The number of benzene rings is 1. The molecule has 0 saturated carbocycles. The van der Waals surface area contributed by atoms with Gasteiger partial charge in [-0.1, -0.05) is 6.07 Å². The molecule has 3 N–H and O–H groups in total. The van der Waals surface area contributed by atoms with Crippen LogP contribution in [-0.4, -0.2) is 14.9 Å². The second kappa shape index (κ2) is 2.90. The zero-order chi connectivity index (χ0) is 9.35. The Labute approximate surface area is 69.6 Å². The van der Waals surface area contributed by atoms with E-state index in [0.29, 0.717) is 5.56 Å².